The van der Waals surface area contributed by atoms with Crippen LogP contribution in [-0.4, -0.2) is 9.97 Å². The summed E-state index contributed by atoms with van der Waals surface area (Å²) in [5, 5.41) is 3.94. The quantitative estimate of drug-likeness (QED) is 0.343. The Morgan fingerprint density at radius 2 is 1.87 bits per heavy atom. The first-order chi connectivity index (χ1) is 11.2. The Balaban J connectivity index is 2.09. The average Bonchev–Trinajstić information content (AvgIpc) is 2.91. The number of pyridine rings is 1. The normalized spacial score (nSPS) is 11.9. The molecular weight excluding hydrogens is 288 g/mol. The van der Waals surface area contributed by atoms with E-state index in [1.54, 1.807) is 6.20 Å². The maximum atomic E-state index is 12.2. The molecule has 0 saturated heterocycles. The molecule has 0 unspecified atom stereocenters. The van der Waals surface area contributed by atoms with E-state index in [-0.39, 0.29) is 0 Å². The Labute approximate surface area is 130 Å². The zero-order chi connectivity index (χ0) is 15.6. The van der Waals surface area contributed by atoms with Crippen LogP contribution in [0.2, 0.25) is 0 Å². The van der Waals surface area contributed by atoms with Crippen LogP contribution in [0.15, 0.2) is 57.9 Å². The summed E-state index contributed by atoms with van der Waals surface area (Å²) in [7, 11) is 0. The monoisotopic (exact) mass is 300 g/mol. The predicted molar refractivity (Wildman–Crippen MR) is 91.9 cm³/mol. The van der Waals surface area contributed by atoms with Gasteiger partial charge in [-0.05, 0) is 36.8 Å². The van der Waals surface area contributed by atoms with Crippen molar-refractivity contribution in [3.8, 4) is 0 Å². The molecule has 0 aliphatic rings. The highest BCUT2D eigenvalue weighted by Gasteiger charge is 2.13. The number of para-hydroxylation sites is 1. The van der Waals surface area contributed by atoms with Crippen LogP contribution in [0.1, 0.15) is 5.56 Å². The second kappa shape index (κ2) is 4.20. The molecule has 2 aromatic carbocycles. The van der Waals surface area contributed by atoms with Crippen LogP contribution in [0.25, 0.3) is 43.7 Å². The molecule has 0 saturated carbocycles. The lowest BCUT2D eigenvalue weighted by Crippen LogP contribution is -2.02. The van der Waals surface area contributed by atoms with Crippen LogP contribution < -0.4 is 5.63 Å². The highest BCUT2D eigenvalue weighted by molar-refractivity contribution is 6.15. The minimum absolute atomic E-state index is 0.382. The molecule has 0 atom stereocenters. The largest absolute Gasteiger partial charge is 0.421 e. The van der Waals surface area contributed by atoms with Gasteiger partial charge in [-0.1, -0.05) is 18.2 Å². The summed E-state index contributed by atoms with van der Waals surface area (Å²) < 4.78 is 5.52. The molecule has 1 N–H and O–H groups in total. The molecule has 0 aliphatic heterocycles. The third kappa shape index (κ3) is 1.60. The number of aromatic amines is 1. The van der Waals surface area contributed by atoms with Crippen molar-refractivity contribution in [2.45, 2.75) is 6.92 Å². The summed E-state index contributed by atoms with van der Waals surface area (Å²) >= 11 is 0. The fraction of sp³-hybridized carbons (Fsp3) is 0.0526. The summed E-state index contributed by atoms with van der Waals surface area (Å²) in [6.45, 7) is 1.98. The summed E-state index contributed by atoms with van der Waals surface area (Å²) in [6.07, 6.45) is 1.64. The number of fused-ring (bicyclic) bond motifs is 6. The molecule has 0 fully saturated rings. The van der Waals surface area contributed by atoms with E-state index in [2.05, 4.69) is 16.0 Å². The van der Waals surface area contributed by atoms with Gasteiger partial charge in [0.1, 0.15) is 5.58 Å². The maximum absolute atomic E-state index is 12.2. The number of rotatable bonds is 0. The first-order valence-electron chi connectivity index (χ1n) is 7.45. The van der Waals surface area contributed by atoms with Crippen LogP contribution in [0.4, 0.5) is 0 Å². The number of aryl methyl sites for hydroxylation is 1. The lowest BCUT2D eigenvalue weighted by molar-refractivity contribution is 0.568. The van der Waals surface area contributed by atoms with Crippen molar-refractivity contribution >= 4 is 43.7 Å². The number of hydrogen-bond acceptors (Lipinski definition) is 3. The summed E-state index contributed by atoms with van der Waals surface area (Å²) in [4.78, 5) is 19.9. The van der Waals surface area contributed by atoms with Gasteiger partial charge < -0.3 is 9.40 Å². The van der Waals surface area contributed by atoms with Crippen molar-refractivity contribution in [1.82, 2.24) is 9.97 Å². The van der Waals surface area contributed by atoms with Gasteiger partial charge in [0, 0.05) is 38.8 Å². The Bertz CT molecular complexity index is 1300. The first kappa shape index (κ1) is 12.4. The van der Waals surface area contributed by atoms with Crippen molar-refractivity contribution in [1.29, 1.82) is 0 Å². The zero-order valence-electron chi connectivity index (χ0n) is 12.4. The van der Waals surface area contributed by atoms with E-state index in [0.717, 1.165) is 38.1 Å². The maximum Gasteiger partial charge on any atom is 0.363 e. The molecule has 4 nitrogen and oxygen atoms in total. The Morgan fingerprint density at radius 3 is 2.78 bits per heavy atom. The average molecular weight is 300 g/mol. The van der Waals surface area contributed by atoms with E-state index < -0.39 is 5.63 Å². The SMILES string of the molecule is Cc1ccnc2c(=O)oc3cc4c(cc3c12)[nH]c1ccccc14. The van der Waals surface area contributed by atoms with Crippen LogP contribution in [0.5, 0.6) is 0 Å². The molecule has 5 aromatic rings. The molecule has 0 aliphatic carbocycles. The van der Waals surface area contributed by atoms with Gasteiger partial charge in [0.25, 0.3) is 0 Å². The third-order valence-corrected chi connectivity index (χ3v) is 4.43. The summed E-state index contributed by atoms with van der Waals surface area (Å²) in [5.41, 5.74) is 3.69. The molecule has 110 valence electrons. The molecule has 4 heteroatoms. The minimum atomic E-state index is -0.393. The number of nitrogens with zero attached hydrogens (tertiary/aromatic N) is 1. The highest BCUT2D eigenvalue weighted by Crippen LogP contribution is 2.32. The number of hydrogen-bond donors (Lipinski definition) is 1. The smallest absolute Gasteiger partial charge is 0.363 e. The highest BCUT2D eigenvalue weighted by atomic mass is 16.4. The van der Waals surface area contributed by atoms with Gasteiger partial charge in [-0.3, -0.25) is 0 Å². The van der Waals surface area contributed by atoms with Crippen molar-refractivity contribution in [3.05, 3.63) is 64.6 Å². The predicted octanol–water partition coefficient (Wildman–Crippen LogP) is 4.28. The lowest BCUT2D eigenvalue weighted by Gasteiger charge is -2.05. The number of H-pyrrole nitrogens is 1. The van der Waals surface area contributed by atoms with E-state index in [0.29, 0.717) is 11.1 Å². The van der Waals surface area contributed by atoms with E-state index in [4.69, 9.17) is 4.42 Å². The summed E-state index contributed by atoms with van der Waals surface area (Å²) in [5.74, 6) is 0. The van der Waals surface area contributed by atoms with Gasteiger partial charge in [0.2, 0.25) is 0 Å². The Kier molecular flexibility index (Phi) is 2.26. The van der Waals surface area contributed by atoms with Crippen LogP contribution in [0.3, 0.4) is 0 Å². The standard InChI is InChI=1S/C19H12N2O2/c1-10-6-7-20-18-17(10)13-8-15-12(9-16(13)23-19(18)22)11-4-2-3-5-14(11)21-15/h2-9,21H,1H3. The number of benzene rings is 2. The van der Waals surface area contributed by atoms with Gasteiger partial charge in [0.15, 0.2) is 5.52 Å². The van der Waals surface area contributed by atoms with Crippen LogP contribution in [-0.2, 0) is 0 Å². The Hall–Kier alpha value is -3.14. The fourth-order valence-corrected chi connectivity index (χ4v) is 3.36. The van der Waals surface area contributed by atoms with Crippen molar-refractivity contribution in [2.24, 2.45) is 0 Å². The number of aromatic nitrogens is 2. The lowest BCUT2D eigenvalue weighted by atomic mass is 10.0. The molecule has 3 aromatic heterocycles. The molecule has 23 heavy (non-hydrogen) atoms. The van der Waals surface area contributed by atoms with E-state index in [1.165, 1.54) is 0 Å². The topological polar surface area (TPSA) is 58.9 Å². The van der Waals surface area contributed by atoms with E-state index in [1.807, 2.05) is 43.3 Å². The van der Waals surface area contributed by atoms with Crippen LogP contribution in [0, 0.1) is 6.92 Å². The van der Waals surface area contributed by atoms with Crippen LogP contribution >= 0.6 is 0 Å². The van der Waals surface area contributed by atoms with Crippen molar-refractivity contribution < 1.29 is 4.42 Å². The molecule has 3 heterocycles. The first-order valence-corrected chi connectivity index (χ1v) is 7.45. The molecule has 0 amide bonds. The zero-order valence-corrected chi connectivity index (χ0v) is 12.4. The van der Waals surface area contributed by atoms with E-state index >= 15 is 0 Å². The minimum Gasteiger partial charge on any atom is -0.421 e. The van der Waals surface area contributed by atoms with Gasteiger partial charge >= 0.3 is 5.63 Å². The fourth-order valence-electron chi connectivity index (χ4n) is 3.36. The van der Waals surface area contributed by atoms with Gasteiger partial charge in [0.05, 0.1) is 0 Å². The van der Waals surface area contributed by atoms with Crippen molar-refractivity contribution in [3.63, 3.8) is 0 Å². The van der Waals surface area contributed by atoms with E-state index in [9.17, 15) is 4.79 Å². The third-order valence-electron chi connectivity index (χ3n) is 4.43. The van der Waals surface area contributed by atoms with Crippen molar-refractivity contribution in [2.75, 3.05) is 0 Å². The number of nitrogens with one attached hydrogen (secondary N) is 1. The molecule has 0 bridgehead atoms. The molecule has 5 rings (SSSR count). The molecule has 0 radical (unpaired) electrons. The second-order valence-electron chi connectivity index (χ2n) is 5.81. The Morgan fingerprint density at radius 1 is 1.00 bits per heavy atom. The molecule has 0 spiro atoms. The van der Waals surface area contributed by atoms with Gasteiger partial charge in [-0.15, -0.1) is 0 Å². The molecular formula is C19H12N2O2. The second-order valence-corrected chi connectivity index (χ2v) is 5.81. The summed E-state index contributed by atoms with van der Waals surface area (Å²) in [6, 6.07) is 14.0. The van der Waals surface area contributed by atoms with Gasteiger partial charge in [-0.25, -0.2) is 9.78 Å². The van der Waals surface area contributed by atoms with Gasteiger partial charge in [-0.2, -0.15) is 0 Å².